The van der Waals surface area contributed by atoms with Crippen molar-refractivity contribution in [1.29, 1.82) is 0 Å². The predicted octanol–water partition coefficient (Wildman–Crippen LogP) is 3.45. The molecule has 7 nitrogen and oxygen atoms in total. The topological polar surface area (TPSA) is 58.7 Å². The molecule has 2 aromatic rings. The van der Waals surface area contributed by atoms with E-state index in [-0.39, 0.29) is 7.33 Å². The minimum absolute atomic E-state index is 0. The lowest BCUT2D eigenvalue weighted by molar-refractivity contribution is 0.0472. The van der Waals surface area contributed by atoms with Crippen molar-refractivity contribution in [1.82, 2.24) is 29.6 Å². The van der Waals surface area contributed by atoms with E-state index in [2.05, 4.69) is 62.4 Å². The summed E-state index contributed by atoms with van der Waals surface area (Å²) in [7, 11) is 4.31. The highest BCUT2D eigenvalue weighted by atomic mass is 16.2. The van der Waals surface area contributed by atoms with Crippen LogP contribution in [0, 0.1) is 0 Å². The number of hydrogen-bond acceptors (Lipinski definition) is 5. The molecule has 3 fully saturated rings. The molecule has 34 heavy (non-hydrogen) atoms. The molecule has 182 valence electrons. The molecule has 5 heterocycles. The number of fused-ring (bicyclic) bond motifs is 3. The fourth-order valence-electron chi connectivity index (χ4n) is 5.71. The van der Waals surface area contributed by atoms with E-state index < -0.39 is 0 Å². The standard InChI is InChI=1S/C27H36N6O.H2/c1-5-6-20(13-19(2)32-11-9-30(3)10-12-32)25-16-29-26-24(25)14-21(15-28-26)27(34)33-22-7-8-23(33)18-31(4)17-22;/h5-6,13-16,22-23H,2,7-12,17-18H2,1,3-4H3,(H,28,29);1H/b6-5-,20-13+;. The Morgan fingerprint density at radius 3 is 2.53 bits per heavy atom. The first-order valence-corrected chi connectivity index (χ1v) is 12.4. The predicted molar refractivity (Wildman–Crippen MR) is 140 cm³/mol. The largest absolute Gasteiger partial charge is 0.369 e. The van der Waals surface area contributed by atoms with Crippen molar-refractivity contribution in [2.75, 3.05) is 53.4 Å². The third kappa shape index (κ3) is 4.30. The molecule has 2 bridgehead atoms. The zero-order valence-corrected chi connectivity index (χ0v) is 20.6. The van der Waals surface area contributed by atoms with Crippen LogP contribution < -0.4 is 0 Å². The smallest absolute Gasteiger partial charge is 0.256 e. The van der Waals surface area contributed by atoms with Gasteiger partial charge in [0.25, 0.3) is 5.91 Å². The summed E-state index contributed by atoms with van der Waals surface area (Å²) in [5.41, 5.74) is 4.61. The summed E-state index contributed by atoms with van der Waals surface area (Å²) < 4.78 is 0. The van der Waals surface area contributed by atoms with Crippen LogP contribution in [0.5, 0.6) is 0 Å². The first-order chi connectivity index (χ1) is 16.4. The molecule has 0 aliphatic carbocycles. The molecule has 2 unspecified atom stereocenters. The number of likely N-dealkylation sites (tertiary alicyclic amines) is 1. The second-order valence-corrected chi connectivity index (χ2v) is 10.0. The van der Waals surface area contributed by atoms with Crippen LogP contribution in [0.2, 0.25) is 0 Å². The first kappa shape index (κ1) is 22.9. The van der Waals surface area contributed by atoms with Crippen LogP contribution in [0.1, 0.15) is 37.1 Å². The average Bonchev–Trinajstić information content (AvgIpc) is 3.36. The molecular formula is C27H38N6O. The zero-order valence-electron chi connectivity index (χ0n) is 20.6. The Bertz CT molecular complexity index is 1130. The second kappa shape index (κ2) is 9.39. The second-order valence-electron chi connectivity index (χ2n) is 10.0. The van der Waals surface area contributed by atoms with Crippen molar-refractivity contribution >= 4 is 22.5 Å². The van der Waals surface area contributed by atoms with E-state index in [1.165, 1.54) is 0 Å². The highest BCUT2D eigenvalue weighted by molar-refractivity contribution is 6.01. The van der Waals surface area contributed by atoms with Gasteiger partial charge in [0.15, 0.2) is 0 Å². The summed E-state index contributed by atoms with van der Waals surface area (Å²) in [6, 6.07) is 2.63. The van der Waals surface area contributed by atoms with Gasteiger partial charge < -0.3 is 24.6 Å². The van der Waals surface area contributed by atoms with E-state index in [1.807, 2.05) is 25.3 Å². The number of hydrogen-bond donors (Lipinski definition) is 1. The van der Waals surface area contributed by atoms with Crippen molar-refractivity contribution < 1.29 is 6.22 Å². The Kier molecular flexibility index (Phi) is 6.32. The number of piperazine rings is 2. The molecular weight excluding hydrogens is 424 g/mol. The van der Waals surface area contributed by atoms with Crippen LogP contribution >= 0.6 is 0 Å². The minimum atomic E-state index is 0. The Labute approximate surface area is 203 Å². The van der Waals surface area contributed by atoms with Gasteiger partial charge in [0.05, 0.1) is 5.56 Å². The number of carbonyl (C=O) groups is 1. The van der Waals surface area contributed by atoms with Crippen molar-refractivity contribution in [2.24, 2.45) is 0 Å². The Morgan fingerprint density at radius 2 is 1.85 bits per heavy atom. The minimum Gasteiger partial charge on any atom is -0.369 e. The summed E-state index contributed by atoms with van der Waals surface area (Å²) >= 11 is 0. The normalized spacial score (nSPS) is 24.5. The van der Waals surface area contributed by atoms with Gasteiger partial charge in [-0.3, -0.25) is 4.79 Å². The number of likely N-dealkylation sites (N-methyl/N-ethyl adjacent to an activating group) is 2. The molecule has 2 atom stereocenters. The SMILES string of the molecule is C=C(/C=C(\C=C/C)c1c[nH]c2ncc(C(=O)N3C4CCC3CN(C)C4)cc12)N1CCN(C)CC1.[HH]. The number of carbonyl (C=O) groups excluding carboxylic acids is 1. The summed E-state index contributed by atoms with van der Waals surface area (Å²) in [5.74, 6) is 0.112. The first-order valence-electron chi connectivity index (χ1n) is 12.4. The van der Waals surface area contributed by atoms with Crippen LogP contribution in [-0.2, 0) is 0 Å². The number of aromatic amines is 1. The van der Waals surface area contributed by atoms with Gasteiger partial charge in [0.2, 0.25) is 0 Å². The van der Waals surface area contributed by atoms with Gasteiger partial charge in [-0.2, -0.15) is 0 Å². The number of nitrogens with one attached hydrogen (secondary N) is 1. The van der Waals surface area contributed by atoms with Gasteiger partial charge >= 0.3 is 0 Å². The highest BCUT2D eigenvalue weighted by Crippen LogP contribution is 2.32. The molecule has 3 saturated heterocycles. The van der Waals surface area contributed by atoms with Gasteiger partial charge in [0, 0.05) is 81.8 Å². The summed E-state index contributed by atoms with van der Waals surface area (Å²) in [5, 5.41) is 0.975. The van der Waals surface area contributed by atoms with E-state index in [0.29, 0.717) is 17.6 Å². The molecule has 0 aromatic carbocycles. The van der Waals surface area contributed by atoms with Crippen LogP contribution in [-0.4, -0.2) is 101 Å². The van der Waals surface area contributed by atoms with Crippen LogP contribution in [0.3, 0.4) is 0 Å². The maximum Gasteiger partial charge on any atom is 0.256 e. The lowest BCUT2D eigenvalue weighted by Gasteiger charge is -2.39. The quantitative estimate of drug-likeness (QED) is 0.690. The number of H-pyrrole nitrogens is 1. The van der Waals surface area contributed by atoms with Gasteiger partial charge in [0.1, 0.15) is 5.65 Å². The summed E-state index contributed by atoms with van der Waals surface area (Å²) in [6.45, 7) is 12.3. The molecule has 0 spiro atoms. The Hall–Kier alpha value is -2.90. The Balaban J connectivity index is 0.00000289. The highest BCUT2D eigenvalue weighted by Gasteiger charge is 2.41. The van der Waals surface area contributed by atoms with E-state index in [1.54, 1.807) is 6.20 Å². The van der Waals surface area contributed by atoms with Gasteiger partial charge in [-0.15, -0.1) is 0 Å². The van der Waals surface area contributed by atoms with E-state index >= 15 is 0 Å². The Morgan fingerprint density at radius 1 is 1.15 bits per heavy atom. The van der Waals surface area contributed by atoms with Gasteiger partial charge in [-0.1, -0.05) is 18.7 Å². The summed E-state index contributed by atoms with van der Waals surface area (Å²) in [6.07, 6.45) is 12.2. The van der Waals surface area contributed by atoms with E-state index in [9.17, 15) is 4.79 Å². The fraction of sp³-hybridized carbons (Fsp3) is 0.481. The molecule has 2 aromatic heterocycles. The fourth-order valence-corrected chi connectivity index (χ4v) is 5.71. The third-order valence-corrected chi connectivity index (χ3v) is 7.57. The van der Waals surface area contributed by atoms with E-state index in [0.717, 1.165) is 80.0 Å². The monoisotopic (exact) mass is 462 g/mol. The molecule has 0 saturated carbocycles. The maximum atomic E-state index is 13.6. The third-order valence-electron chi connectivity index (χ3n) is 7.57. The number of aromatic nitrogens is 2. The lowest BCUT2D eigenvalue weighted by Crippen LogP contribution is -2.54. The molecule has 1 N–H and O–H groups in total. The van der Waals surface area contributed by atoms with Crippen LogP contribution in [0.15, 0.2) is 49.0 Å². The average molecular weight is 463 g/mol. The number of pyridine rings is 1. The van der Waals surface area contributed by atoms with E-state index in [4.69, 9.17) is 0 Å². The van der Waals surface area contributed by atoms with Crippen molar-refractivity contribution in [3.8, 4) is 0 Å². The molecule has 7 heteroatoms. The number of amides is 1. The maximum absolute atomic E-state index is 13.6. The molecule has 3 aliphatic heterocycles. The zero-order chi connectivity index (χ0) is 23.8. The van der Waals surface area contributed by atoms with Crippen molar-refractivity contribution in [3.63, 3.8) is 0 Å². The number of rotatable bonds is 5. The van der Waals surface area contributed by atoms with Crippen LogP contribution in [0.25, 0.3) is 16.6 Å². The summed E-state index contributed by atoms with van der Waals surface area (Å²) in [4.78, 5) is 30.6. The van der Waals surface area contributed by atoms with Gasteiger partial charge in [-0.05, 0) is 51.6 Å². The molecule has 5 rings (SSSR count). The lowest BCUT2D eigenvalue weighted by atomic mass is 10.0. The van der Waals surface area contributed by atoms with Crippen LogP contribution in [0.4, 0.5) is 0 Å². The number of nitrogens with zero attached hydrogens (tertiary/aromatic N) is 5. The molecule has 1 amide bonds. The molecule has 0 radical (unpaired) electrons. The van der Waals surface area contributed by atoms with Crippen molar-refractivity contribution in [3.05, 3.63) is 60.1 Å². The van der Waals surface area contributed by atoms with Crippen molar-refractivity contribution in [2.45, 2.75) is 31.8 Å². The van der Waals surface area contributed by atoms with Gasteiger partial charge in [-0.25, -0.2) is 4.98 Å². The molecule has 3 aliphatic rings. The number of allylic oxidation sites excluding steroid dienone is 4.